The number of aryl methyl sites for hydroxylation is 1. The molecule has 0 saturated carbocycles. The molecule has 3 rings (SSSR count). The summed E-state index contributed by atoms with van der Waals surface area (Å²) in [5.41, 5.74) is 4.00. The SMILES string of the molecule is CN=C(NCc1ccccc1CN1CC(C)OC(C)C1)NCc1sccc1C.I. The fourth-order valence-electron chi connectivity index (χ4n) is 3.69. The zero-order chi connectivity index (χ0) is 19.9. The number of rotatable bonds is 6. The Morgan fingerprint density at radius 3 is 2.38 bits per heavy atom. The van der Waals surface area contributed by atoms with Crippen LogP contribution in [0.5, 0.6) is 0 Å². The van der Waals surface area contributed by atoms with Crippen LogP contribution >= 0.6 is 35.3 Å². The van der Waals surface area contributed by atoms with Crippen molar-refractivity contribution in [1.82, 2.24) is 15.5 Å². The molecular formula is C22H33IN4OS. The molecule has 2 N–H and O–H groups in total. The molecule has 2 atom stereocenters. The fourth-order valence-corrected chi connectivity index (χ4v) is 4.53. The fraction of sp³-hybridized carbons (Fsp3) is 0.500. The Kier molecular flexibility index (Phi) is 9.88. The Labute approximate surface area is 196 Å². The third-order valence-electron chi connectivity index (χ3n) is 5.06. The van der Waals surface area contributed by atoms with Crippen LogP contribution in [0.15, 0.2) is 40.7 Å². The summed E-state index contributed by atoms with van der Waals surface area (Å²) in [4.78, 5) is 8.21. The zero-order valence-electron chi connectivity index (χ0n) is 17.8. The van der Waals surface area contributed by atoms with Crippen LogP contribution in [-0.2, 0) is 24.4 Å². The first-order chi connectivity index (χ1) is 13.5. The van der Waals surface area contributed by atoms with Crippen LogP contribution in [0.25, 0.3) is 0 Å². The molecule has 1 aliphatic heterocycles. The number of nitrogens with zero attached hydrogens (tertiary/aromatic N) is 2. The smallest absolute Gasteiger partial charge is 0.191 e. The van der Waals surface area contributed by atoms with Gasteiger partial charge in [0.2, 0.25) is 0 Å². The second-order valence-corrected chi connectivity index (χ2v) is 8.53. The third-order valence-corrected chi connectivity index (χ3v) is 6.09. The Morgan fingerprint density at radius 1 is 1.10 bits per heavy atom. The number of guanidine groups is 1. The minimum Gasteiger partial charge on any atom is -0.373 e. The quantitative estimate of drug-likeness (QED) is 0.336. The lowest BCUT2D eigenvalue weighted by atomic mass is 10.1. The van der Waals surface area contributed by atoms with Crippen LogP contribution in [0.2, 0.25) is 0 Å². The number of halogens is 1. The molecule has 1 aromatic carbocycles. The average Bonchev–Trinajstić information content (AvgIpc) is 3.07. The van der Waals surface area contributed by atoms with Gasteiger partial charge in [0.15, 0.2) is 5.96 Å². The standard InChI is InChI=1S/C22H32N4OS.HI/c1-16-9-10-28-21(16)12-25-22(23-4)24-11-19-7-5-6-8-20(19)15-26-13-17(2)27-18(3)14-26;/h5-10,17-18H,11-15H2,1-4H3,(H2,23,24,25);1H. The Bertz CT molecular complexity index is 785. The lowest BCUT2D eigenvalue weighted by molar-refractivity contribution is -0.0705. The van der Waals surface area contributed by atoms with E-state index < -0.39 is 0 Å². The highest BCUT2D eigenvalue weighted by Gasteiger charge is 2.22. The molecule has 1 saturated heterocycles. The van der Waals surface area contributed by atoms with E-state index in [0.717, 1.165) is 38.7 Å². The minimum atomic E-state index is 0. The van der Waals surface area contributed by atoms with Gasteiger partial charge in [0.1, 0.15) is 0 Å². The van der Waals surface area contributed by atoms with E-state index in [-0.39, 0.29) is 36.2 Å². The van der Waals surface area contributed by atoms with E-state index in [4.69, 9.17) is 4.74 Å². The Balaban J connectivity index is 0.00000300. The summed E-state index contributed by atoms with van der Waals surface area (Å²) < 4.78 is 5.87. The highest BCUT2D eigenvalue weighted by molar-refractivity contribution is 14.0. The molecule has 5 nitrogen and oxygen atoms in total. The average molecular weight is 529 g/mol. The molecule has 0 amide bonds. The normalized spacial score (nSPS) is 20.2. The van der Waals surface area contributed by atoms with Gasteiger partial charge in [-0.15, -0.1) is 35.3 Å². The van der Waals surface area contributed by atoms with Gasteiger partial charge in [-0.05, 0) is 48.9 Å². The molecule has 160 valence electrons. The topological polar surface area (TPSA) is 48.9 Å². The number of thiophene rings is 1. The number of hydrogen-bond acceptors (Lipinski definition) is 4. The van der Waals surface area contributed by atoms with Gasteiger partial charge in [0, 0.05) is 38.1 Å². The molecule has 1 fully saturated rings. The molecule has 0 spiro atoms. The molecule has 7 heteroatoms. The van der Waals surface area contributed by atoms with E-state index in [1.807, 2.05) is 7.05 Å². The van der Waals surface area contributed by atoms with Gasteiger partial charge >= 0.3 is 0 Å². The van der Waals surface area contributed by atoms with Crippen molar-refractivity contribution in [2.45, 2.75) is 52.6 Å². The minimum absolute atomic E-state index is 0. The molecule has 0 radical (unpaired) electrons. The second kappa shape index (κ2) is 11.9. The molecule has 2 aromatic rings. The summed E-state index contributed by atoms with van der Waals surface area (Å²) in [5.74, 6) is 0.830. The lowest BCUT2D eigenvalue weighted by Crippen LogP contribution is -2.45. The van der Waals surface area contributed by atoms with Crippen molar-refractivity contribution in [3.8, 4) is 0 Å². The van der Waals surface area contributed by atoms with E-state index >= 15 is 0 Å². The molecule has 2 heterocycles. The van der Waals surface area contributed by atoms with Crippen molar-refractivity contribution in [2.24, 2.45) is 4.99 Å². The van der Waals surface area contributed by atoms with Gasteiger partial charge in [0.25, 0.3) is 0 Å². The van der Waals surface area contributed by atoms with Crippen molar-refractivity contribution < 1.29 is 4.74 Å². The highest BCUT2D eigenvalue weighted by atomic mass is 127. The molecule has 1 aromatic heterocycles. The van der Waals surface area contributed by atoms with Crippen LogP contribution in [-0.4, -0.2) is 43.2 Å². The van der Waals surface area contributed by atoms with Crippen molar-refractivity contribution in [3.05, 3.63) is 57.3 Å². The van der Waals surface area contributed by atoms with Gasteiger partial charge < -0.3 is 15.4 Å². The zero-order valence-corrected chi connectivity index (χ0v) is 20.9. The number of benzene rings is 1. The monoisotopic (exact) mass is 528 g/mol. The van der Waals surface area contributed by atoms with E-state index in [2.05, 4.69) is 77.0 Å². The number of aliphatic imine (C=N–C) groups is 1. The molecule has 1 aliphatic rings. The Morgan fingerprint density at radius 2 is 1.76 bits per heavy atom. The van der Waals surface area contributed by atoms with Crippen LogP contribution < -0.4 is 10.6 Å². The summed E-state index contributed by atoms with van der Waals surface area (Å²) >= 11 is 1.78. The van der Waals surface area contributed by atoms with Gasteiger partial charge in [-0.3, -0.25) is 9.89 Å². The van der Waals surface area contributed by atoms with Gasteiger partial charge in [0.05, 0.1) is 18.8 Å². The highest BCUT2D eigenvalue weighted by Crippen LogP contribution is 2.17. The molecule has 0 bridgehead atoms. The summed E-state index contributed by atoms with van der Waals surface area (Å²) in [6.45, 7) is 10.9. The van der Waals surface area contributed by atoms with Crippen molar-refractivity contribution in [2.75, 3.05) is 20.1 Å². The predicted molar refractivity (Wildman–Crippen MR) is 133 cm³/mol. The van der Waals surface area contributed by atoms with Crippen LogP contribution in [0.3, 0.4) is 0 Å². The van der Waals surface area contributed by atoms with E-state index in [0.29, 0.717) is 0 Å². The molecule has 29 heavy (non-hydrogen) atoms. The van der Waals surface area contributed by atoms with Crippen LogP contribution in [0.1, 0.15) is 35.4 Å². The van der Waals surface area contributed by atoms with Gasteiger partial charge in [-0.1, -0.05) is 24.3 Å². The van der Waals surface area contributed by atoms with Crippen molar-refractivity contribution in [1.29, 1.82) is 0 Å². The Hall–Kier alpha value is -1.16. The van der Waals surface area contributed by atoms with Crippen LogP contribution in [0, 0.1) is 6.92 Å². The van der Waals surface area contributed by atoms with Crippen LogP contribution in [0.4, 0.5) is 0 Å². The molecular weight excluding hydrogens is 495 g/mol. The predicted octanol–water partition coefficient (Wildman–Crippen LogP) is 4.15. The van der Waals surface area contributed by atoms with Crippen molar-refractivity contribution >= 4 is 41.3 Å². The van der Waals surface area contributed by atoms with Crippen molar-refractivity contribution in [3.63, 3.8) is 0 Å². The number of morpholine rings is 1. The van der Waals surface area contributed by atoms with Gasteiger partial charge in [-0.2, -0.15) is 0 Å². The van der Waals surface area contributed by atoms with E-state index in [1.54, 1.807) is 11.3 Å². The number of hydrogen-bond donors (Lipinski definition) is 2. The summed E-state index contributed by atoms with van der Waals surface area (Å²) in [7, 11) is 1.82. The summed E-state index contributed by atoms with van der Waals surface area (Å²) in [6, 6.07) is 10.8. The lowest BCUT2D eigenvalue weighted by Gasteiger charge is -2.35. The number of ether oxygens (including phenoxy) is 1. The van der Waals surface area contributed by atoms with E-state index in [1.165, 1.54) is 21.6 Å². The first-order valence-electron chi connectivity index (χ1n) is 9.97. The van der Waals surface area contributed by atoms with Gasteiger partial charge in [-0.25, -0.2) is 0 Å². The van der Waals surface area contributed by atoms with E-state index in [9.17, 15) is 0 Å². The largest absolute Gasteiger partial charge is 0.373 e. The molecule has 0 aliphatic carbocycles. The summed E-state index contributed by atoms with van der Waals surface area (Å²) in [6.07, 6.45) is 0.579. The number of nitrogens with one attached hydrogen (secondary N) is 2. The second-order valence-electron chi connectivity index (χ2n) is 7.53. The summed E-state index contributed by atoms with van der Waals surface area (Å²) in [5, 5.41) is 9.01. The maximum absolute atomic E-state index is 5.87. The molecule has 2 unspecified atom stereocenters. The first-order valence-corrected chi connectivity index (χ1v) is 10.8. The maximum Gasteiger partial charge on any atom is 0.191 e. The maximum atomic E-state index is 5.87. The first kappa shape index (κ1) is 24.1. The third kappa shape index (κ3) is 7.24.